The molecule has 0 aliphatic carbocycles. The number of rotatable bonds is 3. The Kier molecular flexibility index (Phi) is 3.67. The van der Waals surface area contributed by atoms with E-state index in [-0.39, 0.29) is 5.25 Å². The molecule has 0 saturated carbocycles. The van der Waals surface area contributed by atoms with Gasteiger partial charge in [-0.25, -0.2) is 0 Å². The van der Waals surface area contributed by atoms with Crippen LogP contribution in [0.2, 0.25) is 0 Å². The van der Waals surface area contributed by atoms with Crippen molar-refractivity contribution >= 4 is 10.8 Å². The predicted molar refractivity (Wildman–Crippen MR) is 57.2 cm³/mol. The van der Waals surface area contributed by atoms with Gasteiger partial charge in [0.1, 0.15) is 0 Å². The monoisotopic (exact) mass is 196 g/mol. The first-order valence-corrected chi connectivity index (χ1v) is 5.80. The van der Waals surface area contributed by atoms with Gasteiger partial charge in [0.2, 0.25) is 0 Å². The Labute approximate surface area is 82.6 Å². The molecule has 0 aliphatic heterocycles. The minimum Gasteiger partial charge on any atom is -0.254 e. The van der Waals surface area contributed by atoms with Crippen LogP contribution in [0.4, 0.5) is 0 Å². The lowest BCUT2D eigenvalue weighted by atomic mass is 10.2. The maximum Gasteiger partial charge on any atom is 0.0560 e. The van der Waals surface area contributed by atoms with Crippen molar-refractivity contribution in [3.05, 3.63) is 30.3 Å². The van der Waals surface area contributed by atoms with E-state index in [1.54, 1.807) is 0 Å². The zero-order valence-corrected chi connectivity index (χ0v) is 9.17. The van der Waals surface area contributed by atoms with Crippen LogP contribution in [0.1, 0.15) is 20.8 Å². The molecule has 0 amide bonds. The Balaban J connectivity index is 2.80. The zero-order chi connectivity index (χ0) is 9.84. The van der Waals surface area contributed by atoms with E-state index in [2.05, 4.69) is 13.8 Å². The second kappa shape index (κ2) is 4.56. The molecule has 2 atom stereocenters. The topological polar surface area (TPSA) is 17.1 Å². The fourth-order valence-corrected chi connectivity index (χ4v) is 2.37. The molecule has 1 rings (SSSR count). The Morgan fingerprint density at radius 2 is 1.62 bits per heavy atom. The van der Waals surface area contributed by atoms with E-state index >= 15 is 0 Å². The Bertz CT molecular complexity index is 279. The van der Waals surface area contributed by atoms with E-state index in [0.717, 1.165) is 4.90 Å². The third kappa shape index (κ3) is 2.66. The van der Waals surface area contributed by atoms with Crippen LogP contribution in [0.25, 0.3) is 0 Å². The second-order valence-electron chi connectivity index (χ2n) is 3.56. The SMILES string of the molecule is CC(C)[C@H](C)[S@](=O)c1ccccc1. The Morgan fingerprint density at radius 1 is 1.08 bits per heavy atom. The maximum atomic E-state index is 11.9. The minimum absolute atomic E-state index is 0.224. The van der Waals surface area contributed by atoms with Gasteiger partial charge in [0.25, 0.3) is 0 Å². The fraction of sp³-hybridized carbons (Fsp3) is 0.455. The van der Waals surface area contributed by atoms with Gasteiger partial charge in [0.15, 0.2) is 0 Å². The second-order valence-corrected chi connectivity index (χ2v) is 5.37. The van der Waals surface area contributed by atoms with Gasteiger partial charge in [-0.2, -0.15) is 0 Å². The van der Waals surface area contributed by atoms with Crippen LogP contribution >= 0.6 is 0 Å². The van der Waals surface area contributed by atoms with Crippen molar-refractivity contribution < 1.29 is 4.21 Å². The summed E-state index contributed by atoms with van der Waals surface area (Å²) >= 11 is 0. The summed E-state index contributed by atoms with van der Waals surface area (Å²) in [7, 11) is -0.858. The van der Waals surface area contributed by atoms with E-state index in [0.29, 0.717) is 5.92 Å². The van der Waals surface area contributed by atoms with Gasteiger partial charge in [-0.05, 0) is 18.1 Å². The lowest BCUT2D eigenvalue weighted by molar-refractivity contribution is 0.605. The molecule has 0 unspecified atom stereocenters. The summed E-state index contributed by atoms with van der Waals surface area (Å²) in [5, 5.41) is 0.224. The van der Waals surface area contributed by atoms with Crippen LogP contribution in [0.15, 0.2) is 35.2 Å². The molecule has 0 radical (unpaired) electrons. The highest BCUT2D eigenvalue weighted by molar-refractivity contribution is 7.85. The normalized spacial score (nSPS) is 15.7. The quantitative estimate of drug-likeness (QED) is 0.726. The van der Waals surface area contributed by atoms with Crippen molar-refractivity contribution in [1.29, 1.82) is 0 Å². The molecular formula is C11H16OS. The highest BCUT2D eigenvalue weighted by Gasteiger charge is 2.15. The van der Waals surface area contributed by atoms with Crippen molar-refractivity contribution in [3.8, 4) is 0 Å². The van der Waals surface area contributed by atoms with Gasteiger partial charge in [0.05, 0.1) is 10.8 Å². The van der Waals surface area contributed by atoms with Crippen LogP contribution in [-0.4, -0.2) is 9.46 Å². The van der Waals surface area contributed by atoms with Crippen LogP contribution in [0.5, 0.6) is 0 Å². The molecule has 13 heavy (non-hydrogen) atoms. The molecule has 0 N–H and O–H groups in total. The average molecular weight is 196 g/mol. The molecule has 0 saturated heterocycles. The van der Waals surface area contributed by atoms with Gasteiger partial charge in [-0.15, -0.1) is 0 Å². The first-order valence-electron chi connectivity index (χ1n) is 4.58. The third-order valence-corrected chi connectivity index (χ3v) is 4.21. The molecule has 0 fully saturated rings. The highest BCUT2D eigenvalue weighted by Crippen LogP contribution is 2.16. The van der Waals surface area contributed by atoms with Gasteiger partial charge in [0, 0.05) is 10.1 Å². The van der Waals surface area contributed by atoms with Crippen LogP contribution < -0.4 is 0 Å². The van der Waals surface area contributed by atoms with E-state index < -0.39 is 10.8 Å². The molecule has 1 nitrogen and oxygen atoms in total. The lowest BCUT2D eigenvalue weighted by Crippen LogP contribution is -2.17. The summed E-state index contributed by atoms with van der Waals surface area (Å²) in [6.45, 7) is 6.24. The number of hydrogen-bond acceptors (Lipinski definition) is 1. The average Bonchev–Trinajstić information content (AvgIpc) is 2.17. The largest absolute Gasteiger partial charge is 0.254 e. The van der Waals surface area contributed by atoms with E-state index in [9.17, 15) is 4.21 Å². The Morgan fingerprint density at radius 3 is 2.08 bits per heavy atom. The summed E-state index contributed by atoms with van der Waals surface area (Å²) in [4.78, 5) is 0.934. The van der Waals surface area contributed by atoms with Crippen LogP contribution in [0.3, 0.4) is 0 Å². The summed E-state index contributed by atoms with van der Waals surface area (Å²) in [6.07, 6.45) is 0. The van der Waals surface area contributed by atoms with Crippen molar-refractivity contribution in [2.24, 2.45) is 5.92 Å². The van der Waals surface area contributed by atoms with Gasteiger partial charge < -0.3 is 0 Å². The summed E-state index contributed by atoms with van der Waals surface area (Å²) < 4.78 is 11.9. The zero-order valence-electron chi connectivity index (χ0n) is 8.36. The third-order valence-electron chi connectivity index (χ3n) is 2.25. The molecule has 1 aromatic rings. The molecule has 1 aromatic carbocycles. The maximum absolute atomic E-state index is 11.9. The summed E-state index contributed by atoms with van der Waals surface area (Å²) in [5.41, 5.74) is 0. The van der Waals surface area contributed by atoms with Gasteiger partial charge in [-0.3, -0.25) is 4.21 Å². The first kappa shape index (κ1) is 10.5. The standard InChI is InChI=1S/C11H16OS/c1-9(2)10(3)13(12)11-7-5-4-6-8-11/h4-10H,1-3H3/t10-,13-/m0/s1. The smallest absolute Gasteiger partial charge is 0.0560 e. The molecule has 0 aromatic heterocycles. The predicted octanol–water partition coefficient (Wildman–Crippen LogP) is 2.84. The molecule has 72 valence electrons. The van der Waals surface area contributed by atoms with Gasteiger partial charge in [-0.1, -0.05) is 39.0 Å². The van der Waals surface area contributed by atoms with E-state index in [1.165, 1.54) is 0 Å². The molecule has 0 spiro atoms. The van der Waals surface area contributed by atoms with Crippen LogP contribution in [0, 0.1) is 5.92 Å². The lowest BCUT2D eigenvalue weighted by Gasteiger charge is -2.14. The first-order chi connectivity index (χ1) is 6.13. The molecular weight excluding hydrogens is 180 g/mol. The van der Waals surface area contributed by atoms with Crippen LogP contribution in [-0.2, 0) is 10.8 Å². The molecule has 0 bridgehead atoms. The number of hydrogen-bond donors (Lipinski definition) is 0. The highest BCUT2D eigenvalue weighted by atomic mass is 32.2. The van der Waals surface area contributed by atoms with E-state index in [4.69, 9.17) is 0 Å². The van der Waals surface area contributed by atoms with Crippen molar-refractivity contribution in [2.45, 2.75) is 30.9 Å². The van der Waals surface area contributed by atoms with Crippen molar-refractivity contribution in [2.75, 3.05) is 0 Å². The number of benzene rings is 1. The molecule has 2 heteroatoms. The Hall–Kier alpha value is -0.630. The summed E-state index contributed by atoms with van der Waals surface area (Å²) in [5.74, 6) is 0.459. The fourth-order valence-electron chi connectivity index (χ4n) is 1.02. The minimum atomic E-state index is -0.858. The summed E-state index contributed by atoms with van der Waals surface area (Å²) in [6, 6.07) is 9.66. The van der Waals surface area contributed by atoms with E-state index in [1.807, 2.05) is 37.3 Å². The van der Waals surface area contributed by atoms with Gasteiger partial charge >= 0.3 is 0 Å². The van der Waals surface area contributed by atoms with Crippen molar-refractivity contribution in [1.82, 2.24) is 0 Å². The van der Waals surface area contributed by atoms with Crippen molar-refractivity contribution in [3.63, 3.8) is 0 Å². The molecule has 0 heterocycles. The molecule has 0 aliphatic rings.